The molecule has 0 bridgehead atoms. The minimum Gasteiger partial charge on any atom is -0.348 e. The summed E-state index contributed by atoms with van der Waals surface area (Å²) in [6.07, 6.45) is 2.15. The minimum atomic E-state index is 0.189. The first-order chi connectivity index (χ1) is 7.60. The van der Waals surface area contributed by atoms with Gasteiger partial charge in [-0.3, -0.25) is 9.69 Å². The Labute approximate surface area is 103 Å². The molecule has 16 heavy (non-hydrogen) atoms. The summed E-state index contributed by atoms with van der Waals surface area (Å²) in [7, 11) is 3.63. The summed E-state index contributed by atoms with van der Waals surface area (Å²) in [5, 5.41) is 4.01. The van der Waals surface area contributed by atoms with E-state index >= 15 is 0 Å². The molecule has 1 saturated heterocycles. The number of rotatable bonds is 5. The van der Waals surface area contributed by atoms with Crippen molar-refractivity contribution in [1.82, 2.24) is 15.1 Å². The maximum Gasteiger partial charge on any atom is 0.236 e. The van der Waals surface area contributed by atoms with Gasteiger partial charge in [-0.15, -0.1) is 0 Å². The Bertz CT molecular complexity index is 235. The van der Waals surface area contributed by atoms with Crippen LogP contribution >= 0.6 is 11.8 Å². The Kier molecular flexibility index (Phi) is 5.58. The lowest BCUT2D eigenvalue weighted by molar-refractivity contribution is -0.130. The molecule has 1 rings (SSSR count). The standard InChI is InChI=1S/C11H23N3OS/c1-5-14(8-11(15)13(2)3)9-6-12-7-10(9)16-4/h9-10,12H,5-8H2,1-4H3. The Morgan fingerprint density at radius 1 is 1.44 bits per heavy atom. The first kappa shape index (κ1) is 13.8. The highest BCUT2D eigenvalue weighted by atomic mass is 32.2. The van der Waals surface area contributed by atoms with Crippen molar-refractivity contribution in [1.29, 1.82) is 0 Å². The van der Waals surface area contributed by atoms with Gasteiger partial charge in [0.1, 0.15) is 0 Å². The first-order valence-electron chi connectivity index (χ1n) is 5.77. The van der Waals surface area contributed by atoms with E-state index in [0.717, 1.165) is 19.6 Å². The highest BCUT2D eigenvalue weighted by molar-refractivity contribution is 7.99. The van der Waals surface area contributed by atoms with Crippen LogP contribution in [0.3, 0.4) is 0 Å². The number of nitrogens with one attached hydrogen (secondary N) is 1. The van der Waals surface area contributed by atoms with Gasteiger partial charge in [0.15, 0.2) is 0 Å². The van der Waals surface area contributed by atoms with Crippen molar-refractivity contribution < 1.29 is 4.79 Å². The van der Waals surface area contributed by atoms with Crippen LogP contribution in [0.5, 0.6) is 0 Å². The van der Waals surface area contributed by atoms with E-state index in [1.54, 1.807) is 4.90 Å². The van der Waals surface area contributed by atoms with E-state index in [9.17, 15) is 4.79 Å². The maximum absolute atomic E-state index is 11.7. The normalized spacial score (nSPS) is 25.1. The fraction of sp³-hybridized carbons (Fsp3) is 0.909. The monoisotopic (exact) mass is 245 g/mol. The van der Waals surface area contributed by atoms with Gasteiger partial charge in [-0.2, -0.15) is 11.8 Å². The molecule has 4 nitrogen and oxygen atoms in total. The van der Waals surface area contributed by atoms with Crippen molar-refractivity contribution in [3.8, 4) is 0 Å². The first-order valence-corrected chi connectivity index (χ1v) is 7.06. The molecule has 1 heterocycles. The SMILES string of the molecule is CCN(CC(=O)N(C)C)C1CNCC1SC. The highest BCUT2D eigenvalue weighted by Gasteiger charge is 2.31. The Morgan fingerprint density at radius 2 is 2.12 bits per heavy atom. The van der Waals surface area contributed by atoms with E-state index in [4.69, 9.17) is 0 Å². The Balaban J connectivity index is 2.56. The summed E-state index contributed by atoms with van der Waals surface area (Å²) in [5.74, 6) is 0.189. The molecule has 1 N–H and O–H groups in total. The lowest BCUT2D eigenvalue weighted by Crippen LogP contribution is -2.46. The van der Waals surface area contributed by atoms with Crippen molar-refractivity contribution >= 4 is 17.7 Å². The van der Waals surface area contributed by atoms with E-state index in [1.807, 2.05) is 25.9 Å². The van der Waals surface area contributed by atoms with Crippen LogP contribution in [0.15, 0.2) is 0 Å². The number of hydrogen-bond donors (Lipinski definition) is 1. The molecule has 0 spiro atoms. The number of carbonyl (C=O) groups excluding carboxylic acids is 1. The summed E-state index contributed by atoms with van der Waals surface area (Å²) in [4.78, 5) is 15.7. The molecule has 1 aliphatic rings. The molecule has 1 fully saturated rings. The van der Waals surface area contributed by atoms with Crippen molar-refractivity contribution in [2.24, 2.45) is 0 Å². The van der Waals surface area contributed by atoms with Crippen LogP contribution in [-0.2, 0) is 4.79 Å². The third-order valence-corrected chi connectivity index (χ3v) is 4.23. The molecule has 5 heteroatoms. The average Bonchev–Trinajstić information content (AvgIpc) is 2.73. The van der Waals surface area contributed by atoms with Crippen LogP contribution < -0.4 is 5.32 Å². The van der Waals surface area contributed by atoms with Crippen LogP contribution in [0, 0.1) is 0 Å². The lowest BCUT2D eigenvalue weighted by atomic mass is 10.2. The van der Waals surface area contributed by atoms with Gasteiger partial charge in [0.25, 0.3) is 0 Å². The number of hydrogen-bond acceptors (Lipinski definition) is 4. The molecule has 0 saturated carbocycles. The van der Waals surface area contributed by atoms with Gasteiger partial charge in [0.05, 0.1) is 6.54 Å². The second-order valence-corrected chi connectivity index (χ2v) is 5.43. The summed E-state index contributed by atoms with van der Waals surface area (Å²) in [6, 6.07) is 0.490. The van der Waals surface area contributed by atoms with E-state index in [2.05, 4.69) is 23.4 Å². The minimum absolute atomic E-state index is 0.189. The van der Waals surface area contributed by atoms with Crippen LogP contribution in [0.4, 0.5) is 0 Å². The number of carbonyl (C=O) groups is 1. The largest absolute Gasteiger partial charge is 0.348 e. The van der Waals surface area contributed by atoms with Crippen LogP contribution in [0.1, 0.15) is 6.92 Å². The second kappa shape index (κ2) is 6.47. The zero-order valence-corrected chi connectivity index (χ0v) is 11.5. The molecule has 0 aliphatic carbocycles. The third kappa shape index (κ3) is 3.37. The Hall–Kier alpha value is -0.260. The molecule has 94 valence electrons. The van der Waals surface area contributed by atoms with Crippen LogP contribution in [0.25, 0.3) is 0 Å². The summed E-state index contributed by atoms with van der Waals surface area (Å²) < 4.78 is 0. The topological polar surface area (TPSA) is 35.6 Å². The van der Waals surface area contributed by atoms with E-state index < -0.39 is 0 Å². The van der Waals surface area contributed by atoms with Crippen molar-refractivity contribution in [2.45, 2.75) is 18.2 Å². The maximum atomic E-state index is 11.7. The van der Waals surface area contributed by atoms with Gasteiger partial charge in [-0.1, -0.05) is 6.92 Å². The summed E-state index contributed by atoms with van der Waals surface area (Å²) >= 11 is 1.89. The van der Waals surface area contributed by atoms with Crippen LogP contribution in [0.2, 0.25) is 0 Å². The number of likely N-dealkylation sites (N-methyl/N-ethyl adjacent to an activating group) is 2. The fourth-order valence-electron chi connectivity index (χ4n) is 2.02. The molecule has 2 atom stereocenters. The summed E-state index contributed by atoms with van der Waals surface area (Å²) in [6.45, 7) is 5.65. The molecule has 0 aromatic carbocycles. The van der Waals surface area contributed by atoms with Gasteiger partial charge < -0.3 is 10.2 Å². The van der Waals surface area contributed by atoms with Gasteiger partial charge >= 0.3 is 0 Å². The van der Waals surface area contributed by atoms with Crippen molar-refractivity contribution in [3.63, 3.8) is 0 Å². The third-order valence-electron chi connectivity index (χ3n) is 3.14. The predicted molar refractivity (Wildman–Crippen MR) is 69.9 cm³/mol. The molecule has 1 amide bonds. The van der Waals surface area contributed by atoms with Crippen LogP contribution in [-0.4, -0.2) is 73.5 Å². The molecular weight excluding hydrogens is 222 g/mol. The molecule has 0 aromatic rings. The smallest absolute Gasteiger partial charge is 0.236 e. The molecule has 2 unspecified atom stereocenters. The average molecular weight is 245 g/mol. The zero-order chi connectivity index (χ0) is 12.1. The molecule has 0 radical (unpaired) electrons. The quantitative estimate of drug-likeness (QED) is 0.745. The lowest BCUT2D eigenvalue weighted by Gasteiger charge is -2.30. The Morgan fingerprint density at radius 3 is 2.62 bits per heavy atom. The molecular formula is C11H23N3OS. The number of nitrogens with zero attached hydrogens (tertiary/aromatic N) is 2. The number of amides is 1. The van der Waals surface area contributed by atoms with Gasteiger partial charge in [-0.05, 0) is 12.8 Å². The summed E-state index contributed by atoms with van der Waals surface area (Å²) in [5.41, 5.74) is 0. The van der Waals surface area contributed by atoms with Gasteiger partial charge in [0.2, 0.25) is 5.91 Å². The van der Waals surface area contributed by atoms with Crippen molar-refractivity contribution in [2.75, 3.05) is 46.5 Å². The zero-order valence-electron chi connectivity index (χ0n) is 10.7. The number of thioether (sulfide) groups is 1. The van der Waals surface area contributed by atoms with E-state index in [-0.39, 0.29) is 5.91 Å². The van der Waals surface area contributed by atoms with Gasteiger partial charge in [-0.25, -0.2) is 0 Å². The van der Waals surface area contributed by atoms with Gasteiger partial charge in [0, 0.05) is 38.5 Å². The molecule has 0 aromatic heterocycles. The highest BCUT2D eigenvalue weighted by Crippen LogP contribution is 2.19. The van der Waals surface area contributed by atoms with E-state index in [0.29, 0.717) is 17.8 Å². The predicted octanol–water partition coefficient (Wildman–Crippen LogP) is 0.0999. The van der Waals surface area contributed by atoms with E-state index in [1.165, 1.54) is 0 Å². The van der Waals surface area contributed by atoms with Crippen molar-refractivity contribution in [3.05, 3.63) is 0 Å². The second-order valence-electron chi connectivity index (χ2n) is 4.35. The molecule has 1 aliphatic heterocycles. The fourth-order valence-corrected chi connectivity index (χ4v) is 2.89.